The summed E-state index contributed by atoms with van der Waals surface area (Å²) in [6.45, 7) is 4.33. The summed E-state index contributed by atoms with van der Waals surface area (Å²) in [4.78, 5) is 73.1. The molecular weight excluding hydrogens is 1400 g/mol. The molecule has 0 heterocycles. The predicted octanol–water partition coefficient (Wildman–Crippen LogP) is 24.1. The van der Waals surface area contributed by atoms with Crippen LogP contribution in [0, 0.1) is 0 Å². The highest BCUT2D eigenvalue weighted by atomic mass is 31.2. The number of phosphoric acid groups is 2. The number of aliphatic hydroxyl groups excluding tert-OH is 1. The Hall–Kier alpha value is -6.10. The summed E-state index contributed by atoms with van der Waals surface area (Å²) >= 11 is 0. The molecule has 0 rings (SSSR count). The van der Waals surface area contributed by atoms with Gasteiger partial charge in [-0.25, -0.2) is 9.13 Å². The van der Waals surface area contributed by atoms with Crippen LogP contribution in [0.4, 0.5) is 0 Å². The van der Waals surface area contributed by atoms with E-state index in [2.05, 4.69) is 204 Å². The molecule has 0 amide bonds. The van der Waals surface area contributed by atoms with Crippen LogP contribution in [0.1, 0.15) is 285 Å². The fourth-order valence-electron chi connectivity index (χ4n) is 9.96. The third kappa shape index (κ3) is 78.0. The number of rotatable bonds is 74. The molecule has 0 saturated carbocycles. The third-order valence-corrected chi connectivity index (χ3v) is 17.9. The number of hydrogen-bond donors (Lipinski definition) is 3. The molecule has 0 fully saturated rings. The standard InChI is InChI=1S/C89H142O17P2/c1-5-9-13-17-21-25-29-33-37-39-41-43-47-49-53-57-61-65-69-73-86(91)99-79-84(105-88(93)75-71-67-63-59-55-51-45-35-31-27-23-19-15-11-7-3)81-103-107(95,96)101-77-83(90)78-102-108(97,98)104-82-85(106-89(94)76-72-68-64-60-56-52-46-36-32-28-24-20-16-12-8-4)80-100-87(92)74-70-66-62-58-54-50-48-44-42-40-38-34-30-26-22-18-14-10-6-2/h9-11,13-15,21-28,33-38,41-46,49-50,53-54,61,65,83-85,90H,5-8,12,16-20,29-32,39-40,47-48,51-52,55-60,62-64,66-82H2,1-4H3,(H,95,96)(H,97,98)/b13-9-,14-10-,15-11-,25-21-,26-22-,27-23-,28-24-,37-33-,38-34-,43-41-,44-42-,45-35-,46-36-,53-49-,54-50-,65-61-. The minimum absolute atomic E-state index is 0.0240. The lowest BCUT2D eigenvalue weighted by molar-refractivity contribution is -0.161. The lowest BCUT2D eigenvalue weighted by Gasteiger charge is -2.21. The smallest absolute Gasteiger partial charge is 0.462 e. The Balaban J connectivity index is 5.51. The first-order valence-electron chi connectivity index (χ1n) is 40.7. The zero-order valence-electron chi connectivity index (χ0n) is 66.7. The average molecular weight is 1550 g/mol. The Labute approximate surface area is 653 Å². The molecule has 5 atom stereocenters. The van der Waals surface area contributed by atoms with Crippen molar-refractivity contribution in [3.8, 4) is 0 Å². The molecule has 0 spiro atoms. The van der Waals surface area contributed by atoms with Gasteiger partial charge in [0.2, 0.25) is 0 Å². The summed E-state index contributed by atoms with van der Waals surface area (Å²) in [5, 5.41) is 10.7. The normalized spacial score (nSPS) is 14.8. The lowest BCUT2D eigenvalue weighted by atomic mass is 10.1. The predicted molar refractivity (Wildman–Crippen MR) is 445 cm³/mol. The van der Waals surface area contributed by atoms with Crippen LogP contribution in [0.3, 0.4) is 0 Å². The van der Waals surface area contributed by atoms with Crippen molar-refractivity contribution in [1.82, 2.24) is 0 Å². The van der Waals surface area contributed by atoms with Gasteiger partial charge in [-0.05, 0) is 173 Å². The molecule has 0 saturated heterocycles. The highest BCUT2D eigenvalue weighted by molar-refractivity contribution is 7.47. The van der Waals surface area contributed by atoms with Gasteiger partial charge in [0.25, 0.3) is 0 Å². The summed E-state index contributed by atoms with van der Waals surface area (Å²) in [5.74, 6) is -2.36. The van der Waals surface area contributed by atoms with Crippen LogP contribution in [-0.4, -0.2) is 96.7 Å². The third-order valence-electron chi connectivity index (χ3n) is 16.0. The molecule has 0 radical (unpaired) electrons. The topological polar surface area (TPSA) is 237 Å². The highest BCUT2D eigenvalue weighted by Gasteiger charge is 2.30. The first-order valence-corrected chi connectivity index (χ1v) is 43.7. The first kappa shape index (κ1) is 102. The van der Waals surface area contributed by atoms with E-state index in [1.165, 1.54) is 19.3 Å². The van der Waals surface area contributed by atoms with Crippen molar-refractivity contribution in [3.05, 3.63) is 194 Å². The fraction of sp³-hybridized carbons (Fsp3) is 0.596. The second kappa shape index (κ2) is 79.0. The highest BCUT2D eigenvalue weighted by Crippen LogP contribution is 2.45. The van der Waals surface area contributed by atoms with Gasteiger partial charge >= 0.3 is 39.5 Å². The number of esters is 4. The molecule has 0 aromatic heterocycles. The van der Waals surface area contributed by atoms with E-state index in [1.807, 2.05) is 18.2 Å². The second-order valence-electron chi connectivity index (χ2n) is 26.2. The summed E-state index contributed by atoms with van der Waals surface area (Å²) in [7, 11) is -10.0. The van der Waals surface area contributed by atoms with Gasteiger partial charge in [0.1, 0.15) is 19.3 Å². The second-order valence-corrected chi connectivity index (χ2v) is 29.1. The van der Waals surface area contributed by atoms with Crippen molar-refractivity contribution >= 4 is 39.5 Å². The van der Waals surface area contributed by atoms with Crippen LogP contribution in [-0.2, 0) is 65.4 Å². The number of carbonyl (C=O) groups is 4. The Morgan fingerprint density at radius 2 is 0.500 bits per heavy atom. The molecule has 0 aliphatic rings. The number of carbonyl (C=O) groups excluding carboxylic acids is 4. The first-order chi connectivity index (χ1) is 52.7. The van der Waals surface area contributed by atoms with Gasteiger partial charge in [-0.3, -0.25) is 37.3 Å². The number of aliphatic hydroxyl groups is 1. The van der Waals surface area contributed by atoms with E-state index in [0.29, 0.717) is 32.1 Å². The number of hydrogen-bond acceptors (Lipinski definition) is 15. The van der Waals surface area contributed by atoms with Crippen molar-refractivity contribution in [2.45, 2.75) is 303 Å². The zero-order valence-corrected chi connectivity index (χ0v) is 68.5. The summed E-state index contributed by atoms with van der Waals surface area (Å²) in [6.07, 6.45) is 97.0. The molecule has 3 N–H and O–H groups in total. The van der Waals surface area contributed by atoms with Gasteiger partial charge in [-0.1, -0.05) is 280 Å². The van der Waals surface area contributed by atoms with Crippen molar-refractivity contribution in [1.29, 1.82) is 0 Å². The molecule has 0 aromatic rings. The van der Waals surface area contributed by atoms with Gasteiger partial charge in [0, 0.05) is 25.7 Å². The molecule has 0 aliphatic carbocycles. The Bertz CT molecular complexity index is 2810. The molecule has 5 unspecified atom stereocenters. The summed E-state index contributed by atoms with van der Waals surface area (Å²) in [5.41, 5.74) is 0. The zero-order chi connectivity index (χ0) is 78.9. The van der Waals surface area contributed by atoms with Gasteiger partial charge in [0.15, 0.2) is 12.2 Å². The van der Waals surface area contributed by atoms with E-state index in [0.717, 1.165) is 180 Å². The van der Waals surface area contributed by atoms with Crippen LogP contribution < -0.4 is 0 Å². The summed E-state index contributed by atoms with van der Waals surface area (Å²) < 4.78 is 68.5. The number of allylic oxidation sites excluding steroid dienone is 32. The maximum atomic E-state index is 13.1. The van der Waals surface area contributed by atoms with Crippen molar-refractivity contribution in [2.75, 3.05) is 39.6 Å². The number of ether oxygens (including phenoxy) is 4. The molecular formula is C89H142O17P2. The van der Waals surface area contributed by atoms with Crippen molar-refractivity contribution in [2.24, 2.45) is 0 Å². The molecule has 19 heteroatoms. The molecule has 0 aliphatic heterocycles. The van der Waals surface area contributed by atoms with E-state index >= 15 is 0 Å². The fourth-order valence-corrected chi connectivity index (χ4v) is 11.5. The van der Waals surface area contributed by atoms with E-state index < -0.39 is 97.5 Å². The van der Waals surface area contributed by atoms with E-state index in [-0.39, 0.29) is 25.7 Å². The average Bonchev–Trinajstić information content (AvgIpc) is 0.923. The minimum Gasteiger partial charge on any atom is -0.462 e. The van der Waals surface area contributed by atoms with Gasteiger partial charge < -0.3 is 33.8 Å². The van der Waals surface area contributed by atoms with Crippen molar-refractivity contribution < 1.29 is 80.2 Å². The van der Waals surface area contributed by atoms with E-state index in [9.17, 15) is 43.2 Å². The molecule has 610 valence electrons. The van der Waals surface area contributed by atoms with E-state index in [1.54, 1.807) is 0 Å². The Morgan fingerprint density at radius 3 is 0.806 bits per heavy atom. The largest absolute Gasteiger partial charge is 0.472 e. The molecule has 17 nitrogen and oxygen atoms in total. The lowest BCUT2D eigenvalue weighted by Crippen LogP contribution is -2.30. The van der Waals surface area contributed by atoms with Crippen LogP contribution in [0.25, 0.3) is 0 Å². The maximum Gasteiger partial charge on any atom is 0.472 e. The quantitative estimate of drug-likeness (QED) is 0.0169. The number of unbranched alkanes of at least 4 members (excludes halogenated alkanes) is 16. The van der Waals surface area contributed by atoms with E-state index in [4.69, 9.17) is 37.0 Å². The van der Waals surface area contributed by atoms with Crippen molar-refractivity contribution in [3.63, 3.8) is 0 Å². The maximum absolute atomic E-state index is 13.1. The van der Waals surface area contributed by atoms with Crippen LogP contribution in [0.2, 0.25) is 0 Å². The van der Waals surface area contributed by atoms with Gasteiger partial charge in [-0.2, -0.15) is 0 Å². The molecule has 108 heavy (non-hydrogen) atoms. The SMILES string of the molecule is CC/C=C\C/C=C\C/C=C\C/C=C\C/C=C\C/C=C\CCC(=O)OCC(COP(=O)(O)OCC(O)COP(=O)(O)OCC(COC(=O)CCCCC/C=C\C/C=C\C/C=C\C/C=C\C/C=C\CC)OC(=O)CCCCCCC/C=C\C/C=C\CCCCC)OC(=O)CCCCCCC/C=C\C/C=C\C/C=C\CC. The Morgan fingerprint density at radius 1 is 0.269 bits per heavy atom. The van der Waals surface area contributed by atoms with Gasteiger partial charge in [0.05, 0.1) is 26.4 Å². The van der Waals surface area contributed by atoms with Gasteiger partial charge in [-0.15, -0.1) is 0 Å². The molecule has 0 aromatic carbocycles. The monoisotopic (exact) mass is 1540 g/mol. The Kier molecular flexibility index (Phi) is 74.5. The summed E-state index contributed by atoms with van der Waals surface area (Å²) in [6, 6.07) is 0. The van der Waals surface area contributed by atoms with Crippen LogP contribution in [0.5, 0.6) is 0 Å². The minimum atomic E-state index is -5.01. The molecule has 0 bridgehead atoms. The van der Waals surface area contributed by atoms with Crippen LogP contribution >= 0.6 is 15.6 Å². The number of phosphoric ester groups is 2. The van der Waals surface area contributed by atoms with Crippen LogP contribution in [0.15, 0.2) is 194 Å².